The Morgan fingerprint density at radius 2 is 1.61 bits per heavy atom. The average Bonchev–Trinajstić information content (AvgIpc) is 2.99. The molecule has 0 amide bonds. The summed E-state index contributed by atoms with van der Waals surface area (Å²) in [6.45, 7) is 0. The van der Waals surface area contributed by atoms with E-state index in [1.165, 1.54) is 5.56 Å². The molecule has 152 valence electrons. The molecule has 1 aliphatic rings. The number of anilines is 1. The summed E-state index contributed by atoms with van der Waals surface area (Å²) < 4.78 is 6.23. The van der Waals surface area contributed by atoms with Crippen molar-refractivity contribution >= 4 is 23.5 Å². The first-order valence-electron chi connectivity index (χ1n) is 10.0. The quantitative estimate of drug-likeness (QED) is 0.416. The molecule has 3 aromatic carbocycles. The molecule has 0 spiro atoms. The van der Waals surface area contributed by atoms with E-state index < -0.39 is 0 Å². The molecule has 5 nitrogen and oxygen atoms in total. The highest BCUT2D eigenvalue weighted by Gasteiger charge is 2.23. The van der Waals surface area contributed by atoms with E-state index in [9.17, 15) is 0 Å². The van der Waals surface area contributed by atoms with Crippen molar-refractivity contribution in [3.05, 3.63) is 102 Å². The van der Waals surface area contributed by atoms with Crippen LogP contribution < -0.4 is 10.1 Å². The van der Waals surface area contributed by atoms with E-state index in [1.54, 1.807) is 11.8 Å². The summed E-state index contributed by atoms with van der Waals surface area (Å²) in [5, 5.41) is 12.8. The Hall–Kier alpha value is -3.64. The lowest BCUT2D eigenvalue weighted by Gasteiger charge is -2.15. The van der Waals surface area contributed by atoms with E-state index in [2.05, 4.69) is 44.8 Å². The summed E-state index contributed by atoms with van der Waals surface area (Å²) in [5.41, 5.74) is 4.81. The number of nitrogens with zero attached hydrogens (tertiary/aromatic N) is 3. The first kappa shape index (κ1) is 19.3. The van der Waals surface area contributed by atoms with E-state index in [-0.39, 0.29) is 6.23 Å². The van der Waals surface area contributed by atoms with Crippen molar-refractivity contribution in [3.63, 3.8) is 0 Å². The van der Waals surface area contributed by atoms with Crippen LogP contribution in [0.5, 0.6) is 5.88 Å². The van der Waals surface area contributed by atoms with Crippen LogP contribution in [0, 0.1) is 0 Å². The van der Waals surface area contributed by atoms with E-state index in [1.807, 2.05) is 72.8 Å². The molecule has 31 heavy (non-hydrogen) atoms. The number of aromatic nitrogens is 3. The molecule has 0 saturated carbocycles. The smallest absolute Gasteiger partial charge is 0.247 e. The molecular weight excluding hydrogens is 404 g/mol. The first-order chi connectivity index (χ1) is 15.3. The predicted octanol–water partition coefficient (Wildman–Crippen LogP) is 5.67. The maximum absolute atomic E-state index is 6.23. The Balaban J connectivity index is 1.44. The summed E-state index contributed by atoms with van der Waals surface area (Å²) in [7, 11) is 0. The van der Waals surface area contributed by atoms with Gasteiger partial charge in [0, 0.05) is 17.0 Å². The molecule has 6 heteroatoms. The second kappa shape index (κ2) is 9.02. The van der Waals surface area contributed by atoms with Gasteiger partial charge in [-0.2, -0.15) is 4.98 Å². The summed E-state index contributed by atoms with van der Waals surface area (Å²) in [4.78, 5) is 4.69. The number of rotatable bonds is 5. The molecule has 0 saturated heterocycles. The van der Waals surface area contributed by atoms with Gasteiger partial charge in [0.15, 0.2) is 11.9 Å². The van der Waals surface area contributed by atoms with Gasteiger partial charge in [-0.05, 0) is 23.3 Å². The van der Waals surface area contributed by atoms with Crippen LogP contribution in [0.4, 0.5) is 5.69 Å². The Morgan fingerprint density at radius 3 is 2.45 bits per heavy atom. The molecule has 4 aromatic rings. The van der Waals surface area contributed by atoms with Crippen LogP contribution in [0.15, 0.2) is 96.2 Å². The van der Waals surface area contributed by atoms with Crippen LogP contribution in [-0.4, -0.2) is 21.4 Å². The number of fused-ring (bicyclic) bond motifs is 3. The van der Waals surface area contributed by atoms with Gasteiger partial charge in [-0.15, -0.1) is 10.2 Å². The molecule has 2 heterocycles. The molecule has 1 atom stereocenters. The lowest BCUT2D eigenvalue weighted by Crippen LogP contribution is -2.23. The average molecular weight is 425 g/mol. The zero-order valence-electron chi connectivity index (χ0n) is 16.7. The van der Waals surface area contributed by atoms with Crippen molar-refractivity contribution in [3.8, 4) is 17.1 Å². The molecule has 0 fully saturated rings. The standard InChI is InChI=1S/C25H20N4OS/c1-3-9-18(10-4-1)15-16-22-26-21-14-8-7-13-20(21)23-24(30-22)27-25(29-28-23)31-17-19-11-5-2-6-12-19/h1-16,22,26H,17H2/b16-15+/t22-/m1/s1. The van der Waals surface area contributed by atoms with Crippen molar-refractivity contribution < 1.29 is 4.74 Å². The van der Waals surface area contributed by atoms with Crippen molar-refractivity contribution in [2.45, 2.75) is 17.1 Å². The first-order valence-corrected chi connectivity index (χ1v) is 11.0. The molecule has 0 aliphatic carbocycles. The lowest BCUT2D eigenvalue weighted by atomic mass is 10.1. The van der Waals surface area contributed by atoms with E-state index >= 15 is 0 Å². The molecule has 1 aliphatic heterocycles. The number of hydrogen-bond donors (Lipinski definition) is 1. The molecule has 1 aromatic heterocycles. The van der Waals surface area contributed by atoms with Gasteiger partial charge < -0.3 is 10.1 Å². The number of benzene rings is 3. The van der Waals surface area contributed by atoms with Crippen LogP contribution >= 0.6 is 11.8 Å². The molecule has 5 rings (SSSR count). The van der Waals surface area contributed by atoms with Crippen molar-refractivity contribution in [2.75, 3.05) is 5.32 Å². The molecule has 0 bridgehead atoms. The van der Waals surface area contributed by atoms with Gasteiger partial charge in [0.1, 0.15) is 0 Å². The highest BCUT2D eigenvalue weighted by atomic mass is 32.2. The van der Waals surface area contributed by atoms with Gasteiger partial charge >= 0.3 is 0 Å². The normalized spacial score (nSPS) is 14.8. The highest BCUT2D eigenvalue weighted by Crippen LogP contribution is 2.36. The lowest BCUT2D eigenvalue weighted by molar-refractivity contribution is 0.266. The summed E-state index contributed by atoms with van der Waals surface area (Å²) in [5.74, 6) is 1.25. The van der Waals surface area contributed by atoms with Gasteiger partial charge in [0.2, 0.25) is 11.0 Å². The second-order valence-corrected chi connectivity index (χ2v) is 7.96. The SMILES string of the molecule is C(=C\[C@@H]1Nc2ccccc2-c2nnc(SCc3ccccc3)nc2O1)/c1ccccc1. The Bertz CT molecular complexity index is 1200. The van der Waals surface area contributed by atoms with Crippen LogP contribution in [0.1, 0.15) is 11.1 Å². The summed E-state index contributed by atoms with van der Waals surface area (Å²) in [6, 6.07) is 28.4. The van der Waals surface area contributed by atoms with Crippen LogP contribution in [0.2, 0.25) is 0 Å². The van der Waals surface area contributed by atoms with Gasteiger partial charge in [-0.1, -0.05) is 96.7 Å². The molecular formula is C25H20N4OS. The summed E-state index contributed by atoms with van der Waals surface area (Å²) >= 11 is 1.54. The minimum absolute atomic E-state index is 0.383. The fraction of sp³-hybridized carbons (Fsp3) is 0.0800. The Morgan fingerprint density at radius 1 is 0.871 bits per heavy atom. The monoisotopic (exact) mass is 424 g/mol. The zero-order valence-corrected chi connectivity index (χ0v) is 17.5. The van der Waals surface area contributed by atoms with Gasteiger partial charge in [0.25, 0.3) is 0 Å². The Labute approximate surface area is 185 Å². The Kier molecular flexibility index (Phi) is 5.62. The van der Waals surface area contributed by atoms with Crippen LogP contribution in [-0.2, 0) is 5.75 Å². The number of hydrogen-bond acceptors (Lipinski definition) is 6. The minimum Gasteiger partial charge on any atom is -0.448 e. The maximum Gasteiger partial charge on any atom is 0.247 e. The van der Waals surface area contributed by atoms with Crippen LogP contribution in [0.25, 0.3) is 17.3 Å². The third kappa shape index (κ3) is 4.59. The van der Waals surface area contributed by atoms with E-state index in [0.717, 1.165) is 22.6 Å². The fourth-order valence-corrected chi connectivity index (χ4v) is 4.03. The number of nitrogens with one attached hydrogen (secondary N) is 1. The highest BCUT2D eigenvalue weighted by molar-refractivity contribution is 7.98. The molecule has 0 radical (unpaired) electrons. The minimum atomic E-state index is -0.383. The van der Waals surface area contributed by atoms with E-state index in [4.69, 9.17) is 4.74 Å². The van der Waals surface area contributed by atoms with Gasteiger partial charge in [0.05, 0.1) is 0 Å². The largest absolute Gasteiger partial charge is 0.448 e. The number of para-hydroxylation sites is 1. The number of ether oxygens (including phenoxy) is 1. The third-order valence-corrected chi connectivity index (χ3v) is 5.74. The summed E-state index contributed by atoms with van der Waals surface area (Å²) in [6.07, 6.45) is 3.64. The second-order valence-electron chi connectivity index (χ2n) is 7.02. The van der Waals surface area contributed by atoms with Gasteiger partial charge in [-0.3, -0.25) is 0 Å². The topological polar surface area (TPSA) is 59.9 Å². The van der Waals surface area contributed by atoms with Crippen molar-refractivity contribution in [1.82, 2.24) is 15.2 Å². The molecule has 0 unspecified atom stereocenters. The van der Waals surface area contributed by atoms with Crippen LogP contribution in [0.3, 0.4) is 0 Å². The van der Waals surface area contributed by atoms with Crippen molar-refractivity contribution in [2.24, 2.45) is 0 Å². The molecule has 1 N–H and O–H groups in total. The number of thioether (sulfide) groups is 1. The zero-order chi connectivity index (χ0) is 20.9. The van der Waals surface area contributed by atoms with Gasteiger partial charge in [-0.25, -0.2) is 0 Å². The predicted molar refractivity (Wildman–Crippen MR) is 125 cm³/mol. The third-order valence-electron chi connectivity index (χ3n) is 4.83. The van der Waals surface area contributed by atoms with E-state index in [0.29, 0.717) is 16.7 Å². The fourth-order valence-electron chi connectivity index (χ4n) is 3.30. The maximum atomic E-state index is 6.23. The van der Waals surface area contributed by atoms with Crippen molar-refractivity contribution in [1.29, 1.82) is 0 Å².